The van der Waals surface area contributed by atoms with E-state index in [1.54, 1.807) is 0 Å². The number of aliphatic hydroxyl groups is 13. The van der Waals surface area contributed by atoms with E-state index in [-0.39, 0.29) is 32.0 Å². The van der Waals surface area contributed by atoms with Crippen molar-refractivity contribution < 1.29 is 114 Å². The Kier molecular flexibility index (Phi) is 53.3. The third kappa shape index (κ3) is 38.7. The molecule has 4 saturated heterocycles. The van der Waals surface area contributed by atoms with E-state index in [4.69, 9.17) is 43.0 Å². The van der Waals surface area contributed by atoms with Gasteiger partial charge in [0, 0.05) is 25.9 Å². The number of ether oxygens (including phenoxy) is 8. The minimum atomic E-state index is -1.79. The van der Waals surface area contributed by atoms with Gasteiger partial charge in [-0.25, -0.2) is 0 Å². The van der Waals surface area contributed by atoms with E-state index in [0.717, 1.165) is 51.4 Å². The largest absolute Gasteiger partial charge is 0.463 e. The highest BCUT2D eigenvalue weighted by Gasteiger charge is 2.54. The second-order valence-corrected chi connectivity index (χ2v) is 27.2. The van der Waals surface area contributed by atoms with Gasteiger partial charge in [-0.2, -0.15) is 0 Å². The molecule has 17 atom stereocenters. The van der Waals surface area contributed by atoms with E-state index in [0.29, 0.717) is 19.4 Å². The molecule has 0 radical (unpaired) electrons. The van der Waals surface area contributed by atoms with Crippen LogP contribution in [-0.2, 0) is 47.5 Å². The van der Waals surface area contributed by atoms with Crippen LogP contribution in [0.2, 0.25) is 0 Å². The van der Waals surface area contributed by atoms with Crippen LogP contribution in [0, 0.1) is 0 Å². The molecule has 0 aromatic heterocycles. The Morgan fingerprint density at radius 3 is 1.19 bits per heavy atom. The van der Waals surface area contributed by atoms with E-state index in [2.05, 4.69) is 20.8 Å². The summed E-state index contributed by atoms with van der Waals surface area (Å²) in [5.74, 6) is -2.73. The molecular formula is C72H138O23. The van der Waals surface area contributed by atoms with Crippen molar-refractivity contribution in [1.29, 1.82) is 0 Å². The predicted molar refractivity (Wildman–Crippen MR) is 360 cm³/mol. The van der Waals surface area contributed by atoms with Crippen molar-refractivity contribution in [2.45, 2.75) is 401 Å². The molecule has 0 aliphatic carbocycles. The van der Waals surface area contributed by atoms with Crippen LogP contribution in [0.25, 0.3) is 0 Å². The fourth-order valence-corrected chi connectivity index (χ4v) is 12.5. The average Bonchev–Trinajstić information content (AvgIpc) is 1.78. The number of carbonyl (C=O) groups excluding carboxylic acids is 2. The highest BCUT2D eigenvalue weighted by atomic mass is 16.8. The summed E-state index contributed by atoms with van der Waals surface area (Å²) < 4.78 is 43.2. The summed E-state index contributed by atoms with van der Waals surface area (Å²) >= 11 is 0. The number of carbonyl (C=O) groups is 2. The SMILES string of the molecule is CCCCCCCCCCCCCCCCCC(=O)OC1[C@@H](O[C@@]2(CO)C[C@@H](O)[C@@H](CO)O2)OC(CO)[C@@H](O)[C@H]1O.CCCCCCCCCCCCCCCCCC(=O)OCC(O)[C@H]1OC[C@@H](O)[C@@H]1O.CCCCCCCCCCCCO[C@@H]1O[C@H](CO)[C@@H](O)[C@H](O)[C@H]1O. The predicted octanol–water partition coefficient (Wildman–Crippen LogP) is 8.44. The van der Waals surface area contributed by atoms with Crippen molar-refractivity contribution in [3.63, 3.8) is 0 Å². The lowest BCUT2D eigenvalue weighted by atomic mass is 9.98. The highest BCUT2D eigenvalue weighted by molar-refractivity contribution is 5.69. The molecular weight excluding hydrogens is 1230 g/mol. The minimum absolute atomic E-state index is 0.0179. The van der Waals surface area contributed by atoms with Gasteiger partial charge in [0.15, 0.2) is 18.2 Å². The van der Waals surface area contributed by atoms with Gasteiger partial charge in [0.25, 0.3) is 0 Å². The summed E-state index contributed by atoms with van der Waals surface area (Å²) in [5.41, 5.74) is 0. The first-order valence-electron chi connectivity index (χ1n) is 37.8. The van der Waals surface area contributed by atoms with E-state index in [9.17, 15) is 70.9 Å². The number of hydrogen-bond donors (Lipinski definition) is 13. The zero-order chi connectivity index (χ0) is 69.9. The second kappa shape index (κ2) is 56.8. The molecule has 13 N–H and O–H groups in total. The van der Waals surface area contributed by atoms with Crippen LogP contribution in [0.4, 0.5) is 0 Å². The molecule has 0 aromatic rings. The first kappa shape index (κ1) is 89.3. The summed E-state index contributed by atoms with van der Waals surface area (Å²) in [6.45, 7) is 4.62. The van der Waals surface area contributed by atoms with E-state index < -0.39 is 136 Å². The first-order chi connectivity index (χ1) is 46.0. The molecule has 0 amide bonds. The lowest BCUT2D eigenvalue weighted by molar-refractivity contribution is -0.372. The molecule has 4 rings (SSSR count). The maximum Gasteiger partial charge on any atom is 0.306 e. The standard InChI is InChI=1S/C30H56O11.C24H46O6.C18H36O6/c1-2-3-4-5-6-7-8-9-10-11-12-13-14-15-16-17-25(35)39-28-27(37)26(36)24(20-32)38-29(28)41-30(21-33)18-22(34)23(19-31)40-30;1-2-3-4-5-6-7-8-9-10-11-12-13-14-15-16-17-22(27)29-19-21(26)24-23(28)20(25)18-30-24;1-2-3-4-5-6-7-8-9-10-11-12-23-18-17(22)16(21)15(20)14(13-19)24-18/h22-24,26-29,31-34,36-37H,2-21H2,1H3;20-21,23-26,28H,2-19H2,1H3;14-22H,2-13H2,1H3/t22-,23-,24?,26-,27-,28?,29-,30-;20-,21?,23+,24-;14-,15-,16+,17-,18-/m111/s1. The molecule has 564 valence electrons. The molecule has 4 aliphatic heterocycles. The summed E-state index contributed by atoms with van der Waals surface area (Å²) in [6, 6.07) is 0. The van der Waals surface area contributed by atoms with Crippen LogP contribution < -0.4 is 0 Å². The quantitative estimate of drug-likeness (QED) is 0.0200. The summed E-state index contributed by atoms with van der Waals surface area (Å²) in [5, 5.41) is 127. The van der Waals surface area contributed by atoms with Gasteiger partial charge in [0.05, 0.1) is 39.1 Å². The van der Waals surface area contributed by atoms with Gasteiger partial charge in [-0.3, -0.25) is 9.59 Å². The lowest BCUT2D eigenvalue weighted by Crippen LogP contribution is -2.62. The fraction of sp³-hybridized carbons (Fsp3) is 0.972. The Bertz CT molecular complexity index is 1790. The smallest absolute Gasteiger partial charge is 0.306 e. The van der Waals surface area contributed by atoms with Crippen LogP contribution in [0.5, 0.6) is 0 Å². The van der Waals surface area contributed by atoms with Gasteiger partial charge in [-0.15, -0.1) is 0 Å². The average molecular weight is 1370 g/mol. The molecule has 0 saturated carbocycles. The first-order valence-corrected chi connectivity index (χ1v) is 37.8. The van der Waals surface area contributed by atoms with Crippen LogP contribution in [0.15, 0.2) is 0 Å². The van der Waals surface area contributed by atoms with Crippen molar-refractivity contribution >= 4 is 11.9 Å². The molecule has 4 heterocycles. The Morgan fingerprint density at radius 2 is 0.811 bits per heavy atom. The maximum absolute atomic E-state index is 12.6. The molecule has 23 nitrogen and oxygen atoms in total. The molecule has 23 heteroatoms. The number of unbranched alkanes of at least 4 members (excludes halogenated alkanes) is 37. The molecule has 4 fully saturated rings. The highest BCUT2D eigenvalue weighted by Crippen LogP contribution is 2.37. The zero-order valence-electron chi connectivity index (χ0n) is 59.0. The van der Waals surface area contributed by atoms with Crippen molar-refractivity contribution in [2.75, 3.05) is 46.2 Å². The Labute approximate surface area is 570 Å². The zero-order valence-corrected chi connectivity index (χ0v) is 59.0. The summed E-state index contributed by atoms with van der Waals surface area (Å²) in [7, 11) is 0. The van der Waals surface area contributed by atoms with Crippen LogP contribution in [0.3, 0.4) is 0 Å². The monoisotopic (exact) mass is 1370 g/mol. The van der Waals surface area contributed by atoms with Crippen LogP contribution in [0.1, 0.15) is 297 Å². The number of aliphatic hydroxyl groups excluding tert-OH is 13. The number of hydrogen-bond acceptors (Lipinski definition) is 23. The normalized spacial score (nSPS) is 28.6. The summed E-state index contributed by atoms with van der Waals surface area (Å²) in [4.78, 5) is 24.4. The molecule has 0 aromatic carbocycles. The van der Waals surface area contributed by atoms with E-state index in [1.807, 2.05) is 0 Å². The van der Waals surface area contributed by atoms with Gasteiger partial charge in [-0.05, 0) is 19.3 Å². The number of esters is 2. The van der Waals surface area contributed by atoms with E-state index >= 15 is 0 Å². The molecule has 3 unspecified atom stereocenters. The second-order valence-electron chi connectivity index (χ2n) is 27.2. The Morgan fingerprint density at radius 1 is 0.432 bits per heavy atom. The maximum atomic E-state index is 12.6. The third-order valence-corrected chi connectivity index (χ3v) is 18.7. The van der Waals surface area contributed by atoms with E-state index in [1.165, 1.54) is 199 Å². The molecule has 0 bridgehead atoms. The minimum Gasteiger partial charge on any atom is -0.463 e. The van der Waals surface area contributed by atoms with Crippen molar-refractivity contribution in [1.82, 2.24) is 0 Å². The van der Waals surface area contributed by atoms with Crippen molar-refractivity contribution in [2.24, 2.45) is 0 Å². The molecule has 0 spiro atoms. The van der Waals surface area contributed by atoms with Crippen molar-refractivity contribution in [3.05, 3.63) is 0 Å². The Balaban J connectivity index is 0.000000505. The molecule has 95 heavy (non-hydrogen) atoms. The van der Waals surface area contributed by atoms with Gasteiger partial charge >= 0.3 is 11.9 Å². The van der Waals surface area contributed by atoms with Crippen LogP contribution >= 0.6 is 0 Å². The van der Waals surface area contributed by atoms with Crippen LogP contribution in [-0.4, -0.2) is 228 Å². The topological polar surface area (TPSA) is 371 Å². The molecule has 4 aliphatic rings. The van der Waals surface area contributed by atoms with Gasteiger partial charge in [0.2, 0.25) is 6.29 Å². The third-order valence-electron chi connectivity index (χ3n) is 18.7. The fourth-order valence-electron chi connectivity index (χ4n) is 12.5. The number of rotatable bonds is 54. The summed E-state index contributed by atoms with van der Waals surface area (Å²) in [6.07, 6.45) is 30.2. The Hall–Kier alpha value is -1.82. The lowest BCUT2D eigenvalue weighted by Gasteiger charge is -2.43. The van der Waals surface area contributed by atoms with Crippen molar-refractivity contribution in [3.8, 4) is 0 Å². The van der Waals surface area contributed by atoms with Gasteiger partial charge < -0.3 is 104 Å². The van der Waals surface area contributed by atoms with Gasteiger partial charge in [-0.1, -0.05) is 258 Å². The van der Waals surface area contributed by atoms with Gasteiger partial charge in [0.1, 0.15) is 79.9 Å².